The minimum atomic E-state index is -0.0757. The van der Waals surface area contributed by atoms with Gasteiger partial charge in [-0.05, 0) is 50.2 Å². The molecular formula is C19H27FN2O. The van der Waals surface area contributed by atoms with Crippen LogP contribution in [0.4, 0.5) is 10.1 Å². The number of benzene rings is 1. The first kappa shape index (κ1) is 15.4. The topological polar surface area (TPSA) is 15.7 Å². The van der Waals surface area contributed by atoms with E-state index in [2.05, 4.69) is 9.80 Å². The molecule has 3 aliphatic heterocycles. The Balaban J connectivity index is 1.33. The summed E-state index contributed by atoms with van der Waals surface area (Å²) in [7, 11) is 0. The second-order valence-corrected chi connectivity index (χ2v) is 7.51. The van der Waals surface area contributed by atoms with E-state index in [0.29, 0.717) is 12.2 Å². The van der Waals surface area contributed by atoms with Crippen LogP contribution in [0, 0.1) is 18.7 Å². The Labute approximate surface area is 138 Å². The molecule has 4 rings (SSSR count). The van der Waals surface area contributed by atoms with Crippen molar-refractivity contribution in [3.8, 4) is 0 Å². The summed E-state index contributed by atoms with van der Waals surface area (Å²) in [4.78, 5) is 4.85. The molecule has 4 heteroatoms. The van der Waals surface area contributed by atoms with Crippen LogP contribution >= 0.6 is 0 Å². The molecule has 3 nitrogen and oxygen atoms in total. The molecule has 0 N–H and O–H groups in total. The first-order valence-electron chi connectivity index (χ1n) is 9.07. The summed E-state index contributed by atoms with van der Waals surface area (Å²) < 4.78 is 20.1. The van der Waals surface area contributed by atoms with Crippen LogP contribution in [0.15, 0.2) is 18.2 Å². The maximum Gasteiger partial charge on any atom is 0.146 e. The van der Waals surface area contributed by atoms with Crippen molar-refractivity contribution in [2.75, 3.05) is 37.6 Å². The summed E-state index contributed by atoms with van der Waals surface area (Å²) in [6.45, 7) is 7.38. The Morgan fingerprint density at radius 2 is 1.78 bits per heavy atom. The Bertz CT molecular complexity index is 524. The minimum absolute atomic E-state index is 0.0757. The van der Waals surface area contributed by atoms with Crippen molar-refractivity contribution < 1.29 is 9.13 Å². The van der Waals surface area contributed by atoms with E-state index in [4.69, 9.17) is 4.74 Å². The van der Waals surface area contributed by atoms with Crippen LogP contribution in [0.1, 0.15) is 31.2 Å². The van der Waals surface area contributed by atoms with E-state index in [1.807, 2.05) is 13.0 Å². The van der Waals surface area contributed by atoms with Crippen LogP contribution in [-0.4, -0.2) is 49.8 Å². The molecule has 3 saturated heterocycles. The van der Waals surface area contributed by atoms with Gasteiger partial charge >= 0.3 is 0 Å². The van der Waals surface area contributed by atoms with Gasteiger partial charge in [0.05, 0.1) is 17.9 Å². The number of para-hydroxylation sites is 1. The molecule has 23 heavy (non-hydrogen) atoms. The van der Waals surface area contributed by atoms with E-state index in [1.54, 1.807) is 12.1 Å². The van der Waals surface area contributed by atoms with Crippen molar-refractivity contribution in [3.63, 3.8) is 0 Å². The second-order valence-electron chi connectivity index (χ2n) is 7.51. The lowest BCUT2D eigenvalue weighted by Crippen LogP contribution is -2.46. The maximum absolute atomic E-state index is 14.1. The molecule has 1 aromatic rings. The van der Waals surface area contributed by atoms with E-state index in [0.717, 1.165) is 43.3 Å². The monoisotopic (exact) mass is 318 g/mol. The van der Waals surface area contributed by atoms with Crippen molar-refractivity contribution in [3.05, 3.63) is 29.6 Å². The number of hydrogen-bond donors (Lipinski definition) is 0. The third kappa shape index (κ3) is 3.24. The molecule has 3 heterocycles. The normalized spacial score (nSPS) is 29.2. The molecule has 0 spiro atoms. The van der Waals surface area contributed by atoms with Crippen LogP contribution in [0.2, 0.25) is 0 Å². The molecule has 0 aromatic heterocycles. The molecule has 2 bridgehead atoms. The van der Waals surface area contributed by atoms with Crippen molar-refractivity contribution in [2.45, 2.75) is 44.8 Å². The minimum Gasteiger partial charge on any atom is -0.372 e. The summed E-state index contributed by atoms with van der Waals surface area (Å²) in [5.41, 5.74) is 1.86. The predicted molar refractivity (Wildman–Crippen MR) is 90.4 cm³/mol. The smallest absolute Gasteiger partial charge is 0.146 e. The van der Waals surface area contributed by atoms with Crippen molar-refractivity contribution >= 4 is 5.69 Å². The highest BCUT2D eigenvalue weighted by atomic mass is 19.1. The fourth-order valence-corrected chi connectivity index (χ4v) is 4.58. The fourth-order valence-electron chi connectivity index (χ4n) is 4.58. The average molecular weight is 318 g/mol. The number of halogens is 1. The van der Waals surface area contributed by atoms with Gasteiger partial charge in [0.25, 0.3) is 0 Å². The van der Waals surface area contributed by atoms with Gasteiger partial charge in [0.15, 0.2) is 0 Å². The number of ether oxygens (including phenoxy) is 1. The van der Waals surface area contributed by atoms with Crippen LogP contribution in [0.25, 0.3) is 0 Å². The Morgan fingerprint density at radius 1 is 1.09 bits per heavy atom. The number of hydrogen-bond acceptors (Lipinski definition) is 3. The zero-order chi connectivity index (χ0) is 15.8. The molecule has 1 aromatic carbocycles. The zero-order valence-electron chi connectivity index (χ0n) is 14.0. The van der Waals surface area contributed by atoms with Gasteiger partial charge in [-0.2, -0.15) is 0 Å². The lowest BCUT2D eigenvalue weighted by atomic mass is 9.95. The quantitative estimate of drug-likeness (QED) is 0.851. The van der Waals surface area contributed by atoms with E-state index in [9.17, 15) is 4.39 Å². The number of anilines is 1. The Hall–Kier alpha value is -1.13. The SMILES string of the molecule is Cc1cccc(F)c1N1CCC(CN2CC3CCC(C2)O3)CC1. The molecule has 0 aliphatic carbocycles. The molecule has 3 aliphatic rings. The van der Waals surface area contributed by atoms with Gasteiger partial charge in [-0.3, -0.25) is 4.90 Å². The number of morpholine rings is 1. The highest BCUT2D eigenvalue weighted by Crippen LogP contribution is 2.31. The number of likely N-dealkylation sites (tertiary alicyclic amines) is 1. The number of aryl methyl sites for hydroxylation is 1. The average Bonchev–Trinajstić information content (AvgIpc) is 2.88. The van der Waals surface area contributed by atoms with Gasteiger partial charge in [0.2, 0.25) is 0 Å². The number of nitrogens with zero attached hydrogens (tertiary/aromatic N) is 2. The molecule has 0 saturated carbocycles. The van der Waals surface area contributed by atoms with Gasteiger partial charge in [0.1, 0.15) is 5.82 Å². The van der Waals surface area contributed by atoms with Crippen molar-refractivity contribution in [2.24, 2.45) is 5.92 Å². The summed E-state index contributed by atoms with van der Waals surface area (Å²) in [5.74, 6) is 0.670. The highest BCUT2D eigenvalue weighted by molar-refractivity contribution is 5.54. The Morgan fingerprint density at radius 3 is 2.43 bits per heavy atom. The number of piperidine rings is 1. The third-order valence-corrected chi connectivity index (χ3v) is 5.75. The summed E-state index contributed by atoms with van der Waals surface area (Å²) in [5, 5.41) is 0. The molecular weight excluding hydrogens is 291 g/mol. The summed E-state index contributed by atoms with van der Waals surface area (Å²) in [6.07, 6.45) is 5.78. The van der Waals surface area contributed by atoms with Gasteiger partial charge in [-0.15, -0.1) is 0 Å². The Kier molecular flexibility index (Phi) is 4.29. The first-order chi connectivity index (χ1) is 11.2. The third-order valence-electron chi connectivity index (χ3n) is 5.75. The lowest BCUT2D eigenvalue weighted by molar-refractivity contribution is -0.0433. The number of fused-ring (bicyclic) bond motifs is 2. The lowest BCUT2D eigenvalue weighted by Gasteiger charge is -2.39. The van der Waals surface area contributed by atoms with Crippen LogP contribution in [0.5, 0.6) is 0 Å². The second kappa shape index (κ2) is 6.40. The van der Waals surface area contributed by atoms with E-state index in [-0.39, 0.29) is 5.82 Å². The molecule has 3 fully saturated rings. The van der Waals surface area contributed by atoms with E-state index >= 15 is 0 Å². The zero-order valence-corrected chi connectivity index (χ0v) is 14.0. The maximum atomic E-state index is 14.1. The largest absolute Gasteiger partial charge is 0.372 e. The van der Waals surface area contributed by atoms with Crippen LogP contribution in [-0.2, 0) is 4.74 Å². The van der Waals surface area contributed by atoms with Gasteiger partial charge in [0, 0.05) is 32.7 Å². The van der Waals surface area contributed by atoms with E-state index < -0.39 is 0 Å². The van der Waals surface area contributed by atoms with Gasteiger partial charge in [-0.25, -0.2) is 4.39 Å². The molecule has 2 atom stereocenters. The molecule has 0 amide bonds. The molecule has 2 unspecified atom stereocenters. The van der Waals surface area contributed by atoms with E-state index in [1.165, 1.54) is 32.2 Å². The number of rotatable bonds is 3. The van der Waals surface area contributed by atoms with Crippen LogP contribution in [0.3, 0.4) is 0 Å². The standard InChI is InChI=1S/C19H27FN2O/c1-14-3-2-4-18(20)19(14)22-9-7-15(8-10-22)11-21-12-16-5-6-17(13-21)23-16/h2-4,15-17H,5-13H2,1H3. The molecule has 126 valence electrons. The van der Waals surface area contributed by atoms with Gasteiger partial charge < -0.3 is 9.64 Å². The van der Waals surface area contributed by atoms with Gasteiger partial charge in [-0.1, -0.05) is 12.1 Å². The van der Waals surface area contributed by atoms with Crippen LogP contribution < -0.4 is 4.90 Å². The summed E-state index contributed by atoms with van der Waals surface area (Å²) >= 11 is 0. The fraction of sp³-hybridized carbons (Fsp3) is 0.684. The summed E-state index contributed by atoms with van der Waals surface area (Å²) in [6, 6.07) is 5.39. The highest BCUT2D eigenvalue weighted by Gasteiger charge is 2.34. The predicted octanol–water partition coefficient (Wildman–Crippen LogP) is 3.21. The van der Waals surface area contributed by atoms with Crippen molar-refractivity contribution in [1.82, 2.24) is 4.90 Å². The first-order valence-corrected chi connectivity index (χ1v) is 9.07. The molecule has 0 radical (unpaired) electrons. The van der Waals surface area contributed by atoms with Crippen molar-refractivity contribution in [1.29, 1.82) is 0 Å².